The first-order chi connectivity index (χ1) is 15.1. The van der Waals surface area contributed by atoms with E-state index in [1.165, 1.54) is 25.3 Å². The molecule has 0 aliphatic carbocycles. The average Bonchev–Trinajstić information content (AvgIpc) is 2.72. The number of nitro benzene ring substituents is 2. The lowest BCUT2D eigenvalue weighted by Crippen LogP contribution is -2.51. The van der Waals surface area contributed by atoms with Crippen molar-refractivity contribution in [2.45, 2.75) is 0 Å². The monoisotopic (exact) mass is 506 g/mol. The van der Waals surface area contributed by atoms with E-state index >= 15 is 0 Å². The van der Waals surface area contributed by atoms with Gasteiger partial charge < -0.3 is 9.47 Å². The number of urea groups is 1. The Morgan fingerprint density at radius 3 is 2.19 bits per heavy atom. The van der Waals surface area contributed by atoms with E-state index in [9.17, 15) is 34.6 Å². The molecule has 0 spiro atoms. The van der Waals surface area contributed by atoms with Crippen LogP contribution in [0.15, 0.2) is 40.4 Å². The van der Waals surface area contributed by atoms with Crippen LogP contribution in [-0.2, 0) is 9.59 Å². The number of nitrogens with zero attached hydrogens (tertiary/aromatic N) is 2. The van der Waals surface area contributed by atoms with Crippen molar-refractivity contribution in [3.8, 4) is 17.2 Å². The number of barbiturate groups is 1. The first kappa shape index (κ1) is 22.4. The van der Waals surface area contributed by atoms with Crippen LogP contribution in [0, 0.1) is 20.2 Å². The van der Waals surface area contributed by atoms with Crippen LogP contribution in [0.1, 0.15) is 5.56 Å². The fourth-order valence-electron chi connectivity index (χ4n) is 2.65. The number of amides is 4. The number of ether oxygens (including phenoxy) is 2. The molecule has 0 unspecified atom stereocenters. The Hall–Kier alpha value is -4.33. The summed E-state index contributed by atoms with van der Waals surface area (Å²) in [6, 6.07) is 4.75. The number of carbonyl (C=O) groups excluding carboxylic acids is 3. The molecule has 13 nitrogen and oxygen atoms in total. The molecule has 3 rings (SSSR count). The van der Waals surface area contributed by atoms with Gasteiger partial charge in [0.15, 0.2) is 11.5 Å². The van der Waals surface area contributed by atoms with Gasteiger partial charge in [0.2, 0.25) is 5.75 Å². The van der Waals surface area contributed by atoms with Gasteiger partial charge in [0.05, 0.1) is 27.5 Å². The number of benzene rings is 2. The summed E-state index contributed by atoms with van der Waals surface area (Å²) in [4.78, 5) is 55.6. The number of hydrogen-bond donors (Lipinski definition) is 2. The summed E-state index contributed by atoms with van der Waals surface area (Å²) in [5.41, 5.74) is -1.16. The van der Waals surface area contributed by atoms with Gasteiger partial charge in [-0.1, -0.05) is 0 Å². The molecule has 4 amide bonds. The molecule has 32 heavy (non-hydrogen) atoms. The molecule has 1 saturated heterocycles. The zero-order chi connectivity index (χ0) is 23.6. The van der Waals surface area contributed by atoms with Crippen molar-refractivity contribution < 1.29 is 33.7 Å². The minimum Gasteiger partial charge on any atom is -0.493 e. The summed E-state index contributed by atoms with van der Waals surface area (Å²) in [5, 5.41) is 26.1. The van der Waals surface area contributed by atoms with Crippen LogP contribution in [-0.4, -0.2) is 34.8 Å². The van der Waals surface area contributed by atoms with Crippen molar-refractivity contribution in [3.63, 3.8) is 0 Å². The molecule has 2 aromatic rings. The minimum atomic E-state index is -0.940. The maximum Gasteiger partial charge on any atom is 0.328 e. The zero-order valence-corrected chi connectivity index (χ0v) is 17.5. The molecular weight excluding hydrogens is 496 g/mol. The standard InChI is InChI=1S/C18H11BrN4O9/c1-31-14-6-8(4-10-16(24)20-18(26)21-17(10)25)5-11(19)15(14)32-13-3-2-9(22(27)28)7-12(13)23(29)30/h2-7H,1H3,(H2,20,21,24,25,26). The maximum atomic E-state index is 11.9. The van der Waals surface area contributed by atoms with E-state index in [0.29, 0.717) is 5.56 Å². The van der Waals surface area contributed by atoms with Crippen molar-refractivity contribution >= 4 is 51.2 Å². The Kier molecular flexibility index (Phi) is 6.15. The Balaban J connectivity index is 2.02. The van der Waals surface area contributed by atoms with Crippen LogP contribution >= 0.6 is 15.9 Å². The van der Waals surface area contributed by atoms with Crippen molar-refractivity contribution in [2.75, 3.05) is 7.11 Å². The van der Waals surface area contributed by atoms with Crippen LogP contribution in [0.2, 0.25) is 0 Å². The molecule has 2 aromatic carbocycles. The molecule has 1 aliphatic heterocycles. The number of hydrogen-bond acceptors (Lipinski definition) is 9. The fourth-order valence-corrected chi connectivity index (χ4v) is 3.19. The largest absolute Gasteiger partial charge is 0.493 e. The van der Waals surface area contributed by atoms with Gasteiger partial charge >= 0.3 is 11.7 Å². The van der Waals surface area contributed by atoms with Crippen LogP contribution in [0.4, 0.5) is 16.2 Å². The molecule has 1 aliphatic rings. The smallest absolute Gasteiger partial charge is 0.328 e. The molecule has 14 heteroatoms. The second-order valence-electron chi connectivity index (χ2n) is 6.10. The van der Waals surface area contributed by atoms with Gasteiger partial charge in [-0.2, -0.15) is 0 Å². The third kappa shape index (κ3) is 4.54. The fraction of sp³-hybridized carbons (Fsp3) is 0.0556. The SMILES string of the molecule is COc1cc(C=C2C(=O)NC(=O)NC2=O)cc(Br)c1Oc1ccc([N+](=O)[O-])cc1[N+](=O)[O-]. The topological polar surface area (TPSA) is 180 Å². The zero-order valence-electron chi connectivity index (χ0n) is 15.9. The summed E-state index contributed by atoms with van der Waals surface area (Å²) in [6.07, 6.45) is 1.20. The van der Waals surface area contributed by atoms with E-state index in [1.54, 1.807) is 0 Å². The van der Waals surface area contributed by atoms with Crippen molar-refractivity contribution in [1.29, 1.82) is 0 Å². The molecule has 1 heterocycles. The summed E-state index contributed by atoms with van der Waals surface area (Å²) in [5.74, 6) is -2.01. The van der Waals surface area contributed by atoms with Crippen molar-refractivity contribution in [3.05, 3.63) is 66.2 Å². The normalized spacial score (nSPS) is 13.2. The second-order valence-corrected chi connectivity index (χ2v) is 6.95. The van der Waals surface area contributed by atoms with Crippen LogP contribution in [0.25, 0.3) is 6.08 Å². The number of nitrogens with one attached hydrogen (secondary N) is 2. The van der Waals surface area contributed by atoms with Crippen molar-refractivity contribution in [1.82, 2.24) is 10.6 Å². The first-order valence-electron chi connectivity index (χ1n) is 8.47. The van der Waals surface area contributed by atoms with E-state index in [2.05, 4.69) is 15.9 Å². The molecule has 1 fully saturated rings. The van der Waals surface area contributed by atoms with E-state index in [4.69, 9.17) is 9.47 Å². The Morgan fingerprint density at radius 1 is 0.969 bits per heavy atom. The van der Waals surface area contributed by atoms with E-state index in [-0.39, 0.29) is 27.3 Å². The number of nitro groups is 2. The molecule has 2 N–H and O–H groups in total. The number of non-ortho nitro benzene ring substituents is 1. The van der Waals surface area contributed by atoms with E-state index in [1.807, 2.05) is 10.6 Å². The average molecular weight is 507 g/mol. The van der Waals surface area contributed by atoms with Gasteiger partial charge in [0.25, 0.3) is 17.5 Å². The Labute approximate surface area is 186 Å². The highest BCUT2D eigenvalue weighted by atomic mass is 79.9. The summed E-state index contributed by atoms with van der Waals surface area (Å²) in [6.45, 7) is 0. The summed E-state index contributed by atoms with van der Waals surface area (Å²) >= 11 is 3.23. The number of methoxy groups -OCH3 is 1. The quantitative estimate of drug-likeness (QED) is 0.257. The van der Waals surface area contributed by atoms with Gasteiger partial charge in [0.1, 0.15) is 5.57 Å². The number of imide groups is 2. The van der Waals surface area contributed by atoms with E-state index in [0.717, 1.165) is 18.2 Å². The van der Waals surface area contributed by atoms with E-state index < -0.39 is 39.1 Å². The lowest BCUT2D eigenvalue weighted by molar-refractivity contribution is -0.394. The molecule has 164 valence electrons. The number of halogens is 1. The molecule has 0 saturated carbocycles. The summed E-state index contributed by atoms with van der Waals surface area (Å²) < 4.78 is 11.1. The molecule has 0 atom stereocenters. The van der Waals surface area contributed by atoms with Gasteiger partial charge in [-0.3, -0.25) is 40.5 Å². The minimum absolute atomic E-state index is 0.000622. The summed E-state index contributed by atoms with van der Waals surface area (Å²) in [7, 11) is 1.29. The Morgan fingerprint density at radius 2 is 1.62 bits per heavy atom. The van der Waals surface area contributed by atoms with Crippen LogP contribution in [0.5, 0.6) is 17.2 Å². The maximum absolute atomic E-state index is 11.9. The lowest BCUT2D eigenvalue weighted by atomic mass is 10.1. The number of carbonyl (C=O) groups is 3. The Bertz CT molecular complexity index is 1200. The van der Waals surface area contributed by atoms with Gasteiger partial charge in [-0.15, -0.1) is 0 Å². The highest BCUT2D eigenvalue weighted by molar-refractivity contribution is 9.10. The molecule has 0 radical (unpaired) electrons. The third-order valence-corrected chi connectivity index (χ3v) is 4.66. The highest BCUT2D eigenvalue weighted by Crippen LogP contribution is 2.43. The molecule has 0 bridgehead atoms. The van der Waals surface area contributed by atoms with Gasteiger partial charge in [-0.05, 0) is 45.8 Å². The highest BCUT2D eigenvalue weighted by Gasteiger charge is 2.28. The number of rotatable bonds is 6. The third-order valence-electron chi connectivity index (χ3n) is 4.07. The molecule has 0 aromatic heterocycles. The first-order valence-corrected chi connectivity index (χ1v) is 9.26. The van der Waals surface area contributed by atoms with Crippen LogP contribution in [0.3, 0.4) is 0 Å². The van der Waals surface area contributed by atoms with Crippen molar-refractivity contribution in [2.24, 2.45) is 0 Å². The molecular formula is C18H11BrN4O9. The van der Waals surface area contributed by atoms with Gasteiger partial charge in [-0.25, -0.2) is 4.79 Å². The predicted octanol–water partition coefficient (Wildman–Crippen LogP) is 2.82. The second kappa shape index (κ2) is 8.81. The van der Waals surface area contributed by atoms with Crippen LogP contribution < -0.4 is 20.1 Å². The lowest BCUT2D eigenvalue weighted by Gasteiger charge is -2.15. The predicted molar refractivity (Wildman–Crippen MR) is 110 cm³/mol. The van der Waals surface area contributed by atoms with Gasteiger partial charge in [0, 0.05) is 6.07 Å².